The monoisotopic (exact) mass is 294 g/mol. The van der Waals surface area contributed by atoms with E-state index < -0.39 is 10.8 Å². The van der Waals surface area contributed by atoms with Gasteiger partial charge in [0.15, 0.2) is 0 Å². The van der Waals surface area contributed by atoms with Crippen molar-refractivity contribution in [2.45, 2.75) is 6.42 Å². The van der Waals surface area contributed by atoms with Gasteiger partial charge in [-0.05, 0) is 18.2 Å². The van der Waals surface area contributed by atoms with Crippen molar-refractivity contribution in [2.75, 3.05) is 6.54 Å². The minimum atomic E-state index is -0.573. The maximum absolute atomic E-state index is 11.9. The molecule has 1 heterocycles. The molecule has 0 bridgehead atoms. The van der Waals surface area contributed by atoms with Gasteiger partial charge in [0, 0.05) is 25.1 Å². The van der Waals surface area contributed by atoms with E-state index in [1.165, 1.54) is 12.1 Å². The smallest absolute Gasteiger partial charge is 0.270 e. The summed E-state index contributed by atoms with van der Waals surface area (Å²) in [5.41, 5.74) is -0.0918. The van der Waals surface area contributed by atoms with E-state index in [4.69, 9.17) is 16.0 Å². The molecule has 1 N–H and O–H groups in total. The molecule has 20 heavy (non-hydrogen) atoms. The van der Waals surface area contributed by atoms with Crippen LogP contribution in [0.25, 0.3) is 0 Å². The second-order valence-electron chi connectivity index (χ2n) is 4.01. The van der Waals surface area contributed by atoms with Gasteiger partial charge in [-0.25, -0.2) is 0 Å². The lowest BCUT2D eigenvalue weighted by Gasteiger charge is -2.05. The van der Waals surface area contributed by atoms with E-state index in [9.17, 15) is 14.9 Å². The van der Waals surface area contributed by atoms with E-state index in [0.29, 0.717) is 13.0 Å². The topological polar surface area (TPSA) is 85.4 Å². The summed E-state index contributed by atoms with van der Waals surface area (Å²) in [6, 6.07) is 7.30. The summed E-state index contributed by atoms with van der Waals surface area (Å²) in [7, 11) is 0. The average Bonchev–Trinajstić information content (AvgIpc) is 2.92. The van der Waals surface area contributed by atoms with E-state index in [0.717, 1.165) is 11.8 Å². The molecule has 0 saturated heterocycles. The third-order valence-electron chi connectivity index (χ3n) is 2.64. The fraction of sp³-hybridized carbons (Fsp3) is 0.154. The molecule has 2 aromatic rings. The molecule has 0 aliphatic carbocycles. The molecule has 7 heteroatoms. The van der Waals surface area contributed by atoms with Gasteiger partial charge in [-0.1, -0.05) is 11.6 Å². The van der Waals surface area contributed by atoms with E-state index in [2.05, 4.69) is 5.32 Å². The highest BCUT2D eigenvalue weighted by atomic mass is 35.5. The van der Waals surface area contributed by atoms with Crippen molar-refractivity contribution in [3.8, 4) is 0 Å². The molecule has 0 aliphatic heterocycles. The highest BCUT2D eigenvalue weighted by Gasteiger charge is 2.15. The Kier molecular flexibility index (Phi) is 4.37. The van der Waals surface area contributed by atoms with Crippen LogP contribution in [-0.2, 0) is 6.42 Å². The summed E-state index contributed by atoms with van der Waals surface area (Å²) in [4.78, 5) is 22.0. The summed E-state index contributed by atoms with van der Waals surface area (Å²) in [5.74, 6) is 0.292. The number of nitrogens with one attached hydrogen (secondary N) is 1. The van der Waals surface area contributed by atoms with E-state index >= 15 is 0 Å². The number of carbonyl (C=O) groups is 1. The van der Waals surface area contributed by atoms with Gasteiger partial charge in [-0.15, -0.1) is 0 Å². The Morgan fingerprint density at radius 2 is 2.20 bits per heavy atom. The first-order chi connectivity index (χ1) is 9.58. The Balaban J connectivity index is 2.01. The Morgan fingerprint density at radius 3 is 2.85 bits per heavy atom. The van der Waals surface area contributed by atoms with Crippen LogP contribution in [-0.4, -0.2) is 17.4 Å². The van der Waals surface area contributed by atoms with Crippen LogP contribution in [0.5, 0.6) is 0 Å². The van der Waals surface area contributed by atoms with Gasteiger partial charge in [-0.2, -0.15) is 0 Å². The molecule has 0 spiro atoms. The molecule has 0 unspecified atom stereocenters. The molecule has 1 aromatic heterocycles. The molecule has 0 saturated carbocycles. The molecule has 0 atom stereocenters. The van der Waals surface area contributed by atoms with Crippen LogP contribution in [0.15, 0.2) is 41.0 Å². The van der Waals surface area contributed by atoms with Gasteiger partial charge in [0.05, 0.1) is 21.8 Å². The second kappa shape index (κ2) is 6.21. The van der Waals surface area contributed by atoms with E-state index in [-0.39, 0.29) is 16.3 Å². The predicted octanol–water partition coefficient (Wildman–Crippen LogP) is 2.81. The Morgan fingerprint density at radius 1 is 1.40 bits per heavy atom. The lowest BCUT2D eigenvalue weighted by Crippen LogP contribution is -2.26. The Labute approximate surface area is 119 Å². The first-order valence-corrected chi connectivity index (χ1v) is 6.20. The highest BCUT2D eigenvalue weighted by Crippen LogP contribution is 2.21. The number of furan rings is 1. The third-order valence-corrected chi connectivity index (χ3v) is 2.97. The summed E-state index contributed by atoms with van der Waals surface area (Å²) >= 11 is 5.87. The molecular weight excluding hydrogens is 284 g/mol. The number of nitro groups is 1. The minimum Gasteiger partial charge on any atom is -0.469 e. The molecule has 0 radical (unpaired) electrons. The van der Waals surface area contributed by atoms with Crippen molar-refractivity contribution >= 4 is 23.2 Å². The van der Waals surface area contributed by atoms with Crippen molar-refractivity contribution in [1.29, 1.82) is 0 Å². The standard InChI is InChI=1S/C13H11ClN2O4/c14-12-4-3-9(16(18)19)8-11(12)13(17)15-6-5-10-2-1-7-20-10/h1-4,7-8H,5-6H2,(H,15,17). The number of rotatable bonds is 5. The highest BCUT2D eigenvalue weighted by molar-refractivity contribution is 6.33. The minimum absolute atomic E-state index is 0.0836. The van der Waals surface area contributed by atoms with Gasteiger partial charge >= 0.3 is 0 Å². The molecule has 104 valence electrons. The van der Waals surface area contributed by atoms with Crippen LogP contribution in [0, 0.1) is 10.1 Å². The number of amides is 1. The lowest BCUT2D eigenvalue weighted by atomic mass is 10.2. The maximum atomic E-state index is 11.9. The quantitative estimate of drug-likeness (QED) is 0.678. The molecule has 6 nitrogen and oxygen atoms in total. The third kappa shape index (κ3) is 3.36. The number of hydrogen-bond acceptors (Lipinski definition) is 4. The van der Waals surface area contributed by atoms with Crippen molar-refractivity contribution in [2.24, 2.45) is 0 Å². The van der Waals surface area contributed by atoms with Crippen LogP contribution in [0.2, 0.25) is 5.02 Å². The molecule has 1 aromatic carbocycles. The fourth-order valence-electron chi connectivity index (χ4n) is 1.65. The maximum Gasteiger partial charge on any atom is 0.270 e. The number of benzene rings is 1. The zero-order valence-corrected chi connectivity index (χ0v) is 11.1. The lowest BCUT2D eigenvalue weighted by molar-refractivity contribution is -0.384. The second-order valence-corrected chi connectivity index (χ2v) is 4.41. The van der Waals surface area contributed by atoms with Gasteiger partial charge < -0.3 is 9.73 Å². The normalized spacial score (nSPS) is 10.2. The molecular formula is C13H11ClN2O4. The van der Waals surface area contributed by atoms with Gasteiger partial charge in [-0.3, -0.25) is 14.9 Å². The fourth-order valence-corrected chi connectivity index (χ4v) is 1.85. The van der Waals surface area contributed by atoms with Gasteiger partial charge in [0.25, 0.3) is 11.6 Å². The Bertz CT molecular complexity index is 625. The van der Waals surface area contributed by atoms with E-state index in [1.54, 1.807) is 18.4 Å². The predicted molar refractivity (Wildman–Crippen MR) is 72.9 cm³/mol. The van der Waals surface area contributed by atoms with E-state index in [1.807, 2.05) is 0 Å². The molecule has 1 amide bonds. The Hall–Kier alpha value is -2.34. The number of non-ortho nitro benzene ring substituents is 1. The van der Waals surface area contributed by atoms with Gasteiger partial charge in [0.1, 0.15) is 5.76 Å². The van der Waals surface area contributed by atoms with Crippen molar-refractivity contribution in [1.82, 2.24) is 5.32 Å². The number of nitro benzene ring substituents is 1. The van der Waals surface area contributed by atoms with Crippen LogP contribution >= 0.6 is 11.6 Å². The number of nitrogens with zero attached hydrogens (tertiary/aromatic N) is 1. The number of carbonyl (C=O) groups excluding carboxylic acids is 1. The summed E-state index contributed by atoms with van der Waals surface area (Å²) in [5, 5.41) is 13.5. The number of hydrogen-bond donors (Lipinski definition) is 1. The first-order valence-electron chi connectivity index (χ1n) is 5.82. The zero-order valence-electron chi connectivity index (χ0n) is 10.3. The van der Waals surface area contributed by atoms with Gasteiger partial charge in [0.2, 0.25) is 0 Å². The first kappa shape index (κ1) is 14.1. The SMILES string of the molecule is O=C(NCCc1ccco1)c1cc([N+](=O)[O-])ccc1Cl. The summed E-state index contributed by atoms with van der Waals surface area (Å²) in [6.07, 6.45) is 2.08. The largest absolute Gasteiger partial charge is 0.469 e. The molecule has 2 rings (SSSR count). The molecule has 0 fully saturated rings. The van der Waals surface area contributed by atoms with Crippen LogP contribution in [0.4, 0.5) is 5.69 Å². The summed E-state index contributed by atoms with van der Waals surface area (Å²) in [6.45, 7) is 0.353. The van der Waals surface area contributed by atoms with Crippen molar-refractivity contribution in [3.05, 3.63) is 63.1 Å². The average molecular weight is 295 g/mol. The van der Waals surface area contributed by atoms with Crippen LogP contribution in [0.3, 0.4) is 0 Å². The zero-order chi connectivity index (χ0) is 14.5. The summed E-state index contributed by atoms with van der Waals surface area (Å²) < 4.78 is 5.13. The van der Waals surface area contributed by atoms with Crippen molar-refractivity contribution in [3.63, 3.8) is 0 Å². The van der Waals surface area contributed by atoms with Crippen LogP contribution < -0.4 is 5.32 Å². The van der Waals surface area contributed by atoms with Crippen molar-refractivity contribution < 1.29 is 14.1 Å². The number of halogens is 1. The molecule has 0 aliphatic rings. The van der Waals surface area contributed by atoms with Crippen LogP contribution in [0.1, 0.15) is 16.1 Å².